The maximum atomic E-state index is 10.3. The maximum absolute atomic E-state index is 10.3. The Bertz CT molecular complexity index is 235. The van der Waals surface area contributed by atoms with Crippen LogP contribution in [0.15, 0.2) is 0 Å². The van der Waals surface area contributed by atoms with Crippen LogP contribution in [0.3, 0.4) is 0 Å². The number of hydrogen-bond acceptors (Lipinski definition) is 3. The summed E-state index contributed by atoms with van der Waals surface area (Å²) in [6, 6.07) is 0. The third-order valence-electron chi connectivity index (χ3n) is 3.93. The molecule has 0 aromatic carbocycles. The van der Waals surface area contributed by atoms with Gasteiger partial charge in [-0.3, -0.25) is 0 Å². The molecule has 3 nitrogen and oxygen atoms in total. The van der Waals surface area contributed by atoms with Gasteiger partial charge in [-0.2, -0.15) is 0 Å². The highest BCUT2D eigenvalue weighted by Crippen LogP contribution is 2.44. The van der Waals surface area contributed by atoms with Gasteiger partial charge in [0.1, 0.15) is 0 Å². The summed E-state index contributed by atoms with van der Waals surface area (Å²) in [6.45, 7) is 7.86. The van der Waals surface area contributed by atoms with Crippen molar-refractivity contribution in [3.05, 3.63) is 0 Å². The summed E-state index contributed by atoms with van der Waals surface area (Å²) >= 11 is 0. The highest BCUT2D eigenvalue weighted by molar-refractivity contribution is 5.04. The Balaban J connectivity index is 2.08. The van der Waals surface area contributed by atoms with E-state index < -0.39 is 5.60 Å². The average molecular weight is 199 g/mol. The Kier molecular flexibility index (Phi) is 2.18. The second-order valence-electron chi connectivity index (χ2n) is 5.51. The van der Waals surface area contributed by atoms with Crippen molar-refractivity contribution in [2.75, 3.05) is 13.1 Å². The molecule has 0 amide bonds. The molecule has 1 saturated carbocycles. The first-order valence-electron chi connectivity index (χ1n) is 5.50. The van der Waals surface area contributed by atoms with E-state index in [-0.39, 0.29) is 11.2 Å². The Hall–Kier alpha value is -0.120. The van der Waals surface area contributed by atoms with Crippen molar-refractivity contribution in [3.8, 4) is 0 Å². The minimum Gasteiger partial charge on any atom is -0.387 e. The largest absolute Gasteiger partial charge is 0.387 e. The predicted octanol–water partition coefficient (Wildman–Crippen LogP) is 1.06. The van der Waals surface area contributed by atoms with Gasteiger partial charge in [0.2, 0.25) is 0 Å². The second-order valence-corrected chi connectivity index (χ2v) is 5.51. The van der Waals surface area contributed by atoms with E-state index in [9.17, 15) is 5.11 Å². The second kappa shape index (κ2) is 2.94. The Morgan fingerprint density at radius 2 is 1.79 bits per heavy atom. The van der Waals surface area contributed by atoms with Crippen molar-refractivity contribution in [3.63, 3.8) is 0 Å². The van der Waals surface area contributed by atoms with Crippen LogP contribution in [0, 0.1) is 0 Å². The summed E-state index contributed by atoms with van der Waals surface area (Å²) in [5.74, 6) is 0. The zero-order valence-electron chi connectivity index (χ0n) is 9.39. The van der Waals surface area contributed by atoms with Gasteiger partial charge in [0, 0.05) is 13.1 Å². The van der Waals surface area contributed by atoms with E-state index in [1.165, 1.54) is 0 Å². The molecule has 1 aliphatic heterocycles. The van der Waals surface area contributed by atoms with Gasteiger partial charge >= 0.3 is 0 Å². The van der Waals surface area contributed by atoms with E-state index in [2.05, 4.69) is 12.2 Å². The van der Waals surface area contributed by atoms with Crippen LogP contribution in [0.1, 0.15) is 40.0 Å². The minimum absolute atomic E-state index is 0.0664. The molecule has 0 aromatic heterocycles. The fraction of sp³-hybridized carbons (Fsp3) is 1.00. The van der Waals surface area contributed by atoms with Crippen LogP contribution in [0.5, 0.6) is 0 Å². The molecule has 82 valence electrons. The average Bonchev–Trinajstić information content (AvgIpc) is 2.23. The molecule has 2 N–H and O–H groups in total. The van der Waals surface area contributed by atoms with E-state index in [0.29, 0.717) is 0 Å². The third-order valence-corrected chi connectivity index (χ3v) is 3.93. The van der Waals surface area contributed by atoms with Crippen molar-refractivity contribution in [2.24, 2.45) is 0 Å². The van der Waals surface area contributed by atoms with E-state index in [0.717, 1.165) is 32.4 Å². The van der Waals surface area contributed by atoms with E-state index >= 15 is 0 Å². The lowest BCUT2D eigenvalue weighted by Crippen LogP contribution is -2.64. The molecule has 2 unspecified atom stereocenters. The molecule has 2 aliphatic rings. The number of nitrogens with one attached hydrogen (secondary N) is 1. The molecular formula is C11H21NO2. The number of aliphatic hydroxyl groups is 1. The quantitative estimate of drug-likeness (QED) is 0.698. The van der Waals surface area contributed by atoms with Crippen molar-refractivity contribution in [1.29, 1.82) is 0 Å². The smallest absolute Gasteiger partial charge is 0.0946 e. The van der Waals surface area contributed by atoms with Crippen LogP contribution in [0.25, 0.3) is 0 Å². The number of ether oxygens (including phenoxy) is 1. The molecule has 0 spiro atoms. The van der Waals surface area contributed by atoms with Crippen molar-refractivity contribution in [1.82, 2.24) is 5.32 Å². The Morgan fingerprint density at radius 1 is 1.14 bits per heavy atom. The van der Waals surface area contributed by atoms with Gasteiger partial charge in [0.25, 0.3) is 0 Å². The fourth-order valence-corrected chi connectivity index (χ4v) is 2.56. The first-order chi connectivity index (χ1) is 6.37. The molecule has 3 heteroatoms. The summed E-state index contributed by atoms with van der Waals surface area (Å²) in [4.78, 5) is 0. The van der Waals surface area contributed by atoms with Gasteiger partial charge < -0.3 is 15.2 Å². The number of hydrogen-bond donors (Lipinski definition) is 2. The summed E-state index contributed by atoms with van der Waals surface area (Å²) in [5, 5.41) is 13.5. The van der Waals surface area contributed by atoms with Gasteiger partial charge in [0.05, 0.1) is 16.8 Å². The highest BCUT2D eigenvalue weighted by atomic mass is 16.5. The first-order valence-corrected chi connectivity index (χ1v) is 5.50. The first kappa shape index (κ1) is 10.4. The number of rotatable bonds is 2. The van der Waals surface area contributed by atoms with Crippen LogP contribution in [0.4, 0.5) is 0 Å². The fourth-order valence-electron chi connectivity index (χ4n) is 2.56. The highest BCUT2D eigenvalue weighted by Gasteiger charge is 2.52. The van der Waals surface area contributed by atoms with Crippen LogP contribution >= 0.6 is 0 Å². The molecule has 14 heavy (non-hydrogen) atoms. The minimum atomic E-state index is -0.661. The lowest BCUT2D eigenvalue weighted by molar-refractivity contribution is -0.221. The molecule has 1 heterocycles. The monoisotopic (exact) mass is 199 g/mol. The van der Waals surface area contributed by atoms with Crippen LogP contribution in [-0.4, -0.2) is 35.0 Å². The van der Waals surface area contributed by atoms with Gasteiger partial charge in [-0.25, -0.2) is 0 Å². The van der Waals surface area contributed by atoms with Gasteiger partial charge in [-0.05, 0) is 40.0 Å². The topological polar surface area (TPSA) is 41.5 Å². The summed E-state index contributed by atoms with van der Waals surface area (Å²) in [7, 11) is 0. The molecule has 2 atom stereocenters. The van der Waals surface area contributed by atoms with Crippen molar-refractivity contribution in [2.45, 2.75) is 56.8 Å². The van der Waals surface area contributed by atoms with Crippen LogP contribution in [0.2, 0.25) is 0 Å². The van der Waals surface area contributed by atoms with E-state index in [1.54, 1.807) is 0 Å². The lowest BCUT2D eigenvalue weighted by Gasteiger charge is -2.48. The standard InChI is InChI=1S/C11H21NO2/c1-9(7-12-8-9)14-11(3)6-4-5-10(11,2)13/h12-13H,4-8H2,1-3H3. The van der Waals surface area contributed by atoms with Gasteiger partial charge in [0.15, 0.2) is 0 Å². The molecule has 0 radical (unpaired) electrons. The van der Waals surface area contributed by atoms with E-state index in [4.69, 9.17) is 4.74 Å². The molecule has 2 rings (SSSR count). The van der Waals surface area contributed by atoms with Crippen LogP contribution in [-0.2, 0) is 4.74 Å². The Morgan fingerprint density at radius 3 is 2.14 bits per heavy atom. The third kappa shape index (κ3) is 1.47. The predicted molar refractivity (Wildman–Crippen MR) is 55.2 cm³/mol. The van der Waals surface area contributed by atoms with Crippen LogP contribution < -0.4 is 5.32 Å². The molecule has 1 aliphatic carbocycles. The molecular weight excluding hydrogens is 178 g/mol. The SMILES string of the molecule is CC1(OC2(C)CCCC2(C)O)CNC1. The molecule has 0 bridgehead atoms. The normalized spacial score (nSPS) is 46.3. The molecule has 1 saturated heterocycles. The summed E-state index contributed by atoms with van der Waals surface area (Å²) in [6.07, 6.45) is 2.88. The molecule has 0 aromatic rings. The lowest BCUT2D eigenvalue weighted by atomic mass is 9.87. The van der Waals surface area contributed by atoms with E-state index in [1.807, 2.05) is 13.8 Å². The van der Waals surface area contributed by atoms with Gasteiger partial charge in [-0.15, -0.1) is 0 Å². The van der Waals surface area contributed by atoms with Gasteiger partial charge in [-0.1, -0.05) is 0 Å². The zero-order chi connectivity index (χ0) is 10.4. The summed E-state index contributed by atoms with van der Waals surface area (Å²) < 4.78 is 6.12. The van der Waals surface area contributed by atoms with Crippen molar-refractivity contribution >= 4 is 0 Å². The van der Waals surface area contributed by atoms with Crippen molar-refractivity contribution < 1.29 is 9.84 Å². The Labute approximate surface area is 85.8 Å². The zero-order valence-corrected chi connectivity index (χ0v) is 9.39. The summed E-state index contributed by atoms with van der Waals surface area (Å²) in [5.41, 5.74) is -1.08. The molecule has 2 fully saturated rings. The maximum Gasteiger partial charge on any atom is 0.0946 e.